The van der Waals surface area contributed by atoms with Crippen molar-refractivity contribution >= 4 is 33.0 Å². The molecule has 21 heavy (non-hydrogen) atoms. The highest BCUT2D eigenvalue weighted by atomic mass is 35.5. The van der Waals surface area contributed by atoms with Gasteiger partial charge in [-0.2, -0.15) is 0 Å². The van der Waals surface area contributed by atoms with Gasteiger partial charge in [0.1, 0.15) is 11.0 Å². The fourth-order valence-corrected chi connectivity index (χ4v) is 3.77. The Hall–Kier alpha value is -1.65. The van der Waals surface area contributed by atoms with E-state index in [9.17, 15) is 4.79 Å². The zero-order valence-corrected chi connectivity index (χ0v) is 12.8. The summed E-state index contributed by atoms with van der Waals surface area (Å²) in [6.45, 7) is 0.568. The van der Waals surface area contributed by atoms with Crippen LogP contribution in [0.25, 0.3) is 10.1 Å². The maximum absolute atomic E-state index is 12.3. The SMILES string of the molecule is O=c1cc(Cl)nc(C2CC2)n1Cc1csc2ccccc12. The quantitative estimate of drug-likeness (QED) is 0.684. The fraction of sp³-hybridized carbons (Fsp3) is 0.250. The number of halogens is 1. The van der Waals surface area contributed by atoms with Crippen LogP contribution in [0.3, 0.4) is 0 Å². The second kappa shape index (κ2) is 4.97. The van der Waals surface area contributed by atoms with Gasteiger partial charge in [0.25, 0.3) is 5.56 Å². The lowest BCUT2D eigenvalue weighted by Gasteiger charge is -2.11. The standard InChI is InChI=1S/C16H13ClN2OS/c17-14-7-15(20)19(16(18-14)10-5-6-10)8-11-9-21-13-4-2-1-3-12(11)13/h1-4,7,9-10H,5-6,8H2. The number of aromatic nitrogens is 2. The number of hydrogen-bond donors (Lipinski definition) is 0. The molecule has 0 unspecified atom stereocenters. The molecule has 2 aromatic heterocycles. The molecule has 0 radical (unpaired) electrons. The first-order chi connectivity index (χ1) is 10.2. The van der Waals surface area contributed by atoms with Crippen LogP contribution in [0.5, 0.6) is 0 Å². The molecule has 106 valence electrons. The van der Waals surface area contributed by atoms with Gasteiger partial charge in [-0.1, -0.05) is 29.8 Å². The number of thiophene rings is 1. The van der Waals surface area contributed by atoms with Crippen molar-refractivity contribution in [1.29, 1.82) is 0 Å². The van der Waals surface area contributed by atoms with Crippen molar-refractivity contribution in [2.75, 3.05) is 0 Å². The normalized spacial score (nSPS) is 14.7. The first-order valence-corrected chi connectivity index (χ1v) is 8.20. The predicted octanol–water partition coefficient (Wildman–Crippen LogP) is 4.04. The highest BCUT2D eigenvalue weighted by molar-refractivity contribution is 7.17. The molecule has 1 saturated carbocycles. The molecule has 0 amide bonds. The van der Waals surface area contributed by atoms with Gasteiger partial charge in [0.2, 0.25) is 0 Å². The molecule has 5 heteroatoms. The fourth-order valence-electron chi connectivity index (χ4n) is 2.63. The molecule has 1 aliphatic carbocycles. The molecule has 1 fully saturated rings. The predicted molar refractivity (Wildman–Crippen MR) is 86.4 cm³/mol. The summed E-state index contributed by atoms with van der Waals surface area (Å²) in [6, 6.07) is 9.68. The third kappa shape index (κ3) is 2.39. The Morgan fingerprint density at radius 3 is 2.95 bits per heavy atom. The molecular weight excluding hydrogens is 304 g/mol. The smallest absolute Gasteiger partial charge is 0.255 e. The summed E-state index contributed by atoms with van der Waals surface area (Å²) >= 11 is 7.66. The van der Waals surface area contributed by atoms with E-state index >= 15 is 0 Å². The molecule has 3 aromatic rings. The monoisotopic (exact) mass is 316 g/mol. The summed E-state index contributed by atoms with van der Waals surface area (Å²) in [5, 5.41) is 3.64. The lowest BCUT2D eigenvalue weighted by Crippen LogP contribution is -2.24. The van der Waals surface area contributed by atoms with Gasteiger partial charge in [-0.3, -0.25) is 9.36 Å². The van der Waals surface area contributed by atoms with Crippen LogP contribution < -0.4 is 5.56 Å². The van der Waals surface area contributed by atoms with Crippen LogP contribution in [0.4, 0.5) is 0 Å². The van der Waals surface area contributed by atoms with Gasteiger partial charge in [-0.15, -0.1) is 11.3 Å². The van der Waals surface area contributed by atoms with Crippen LogP contribution >= 0.6 is 22.9 Å². The van der Waals surface area contributed by atoms with E-state index in [1.165, 1.54) is 21.7 Å². The van der Waals surface area contributed by atoms with E-state index in [2.05, 4.69) is 22.5 Å². The summed E-state index contributed by atoms with van der Waals surface area (Å²) in [5.41, 5.74) is 1.11. The molecule has 0 atom stereocenters. The van der Waals surface area contributed by atoms with Crippen LogP contribution in [0.15, 0.2) is 40.5 Å². The van der Waals surface area contributed by atoms with Gasteiger partial charge in [0.05, 0.1) is 6.54 Å². The third-order valence-electron chi connectivity index (χ3n) is 3.84. The number of fused-ring (bicyclic) bond motifs is 1. The molecule has 3 nitrogen and oxygen atoms in total. The van der Waals surface area contributed by atoms with Gasteiger partial charge >= 0.3 is 0 Å². The number of rotatable bonds is 3. The minimum atomic E-state index is -0.0628. The molecular formula is C16H13ClN2OS. The zero-order chi connectivity index (χ0) is 14.4. The first kappa shape index (κ1) is 13.0. The molecule has 0 bridgehead atoms. The van der Waals surface area contributed by atoms with Crippen molar-refractivity contribution in [2.45, 2.75) is 25.3 Å². The summed E-state index contributed by atoms with van der Waals surface area (Å²) < 4.78 is 3.02. The Kier molecular flexibility index (Phi) is 3.08. The highest BCUT2D eigenvalue weighted by Crippen LogP contribution is 2.39. The number of nitrogens with zero attached hydrogens (tertiary/aromatic N) is 2. The Morgan fingerprint density at radius 2 is 2.14 bits per heavy atom. The lowest BCUT2D eigenvalue weighted by molar-refractivity contribution is 0.673. The summed E-state index contributed by atoms with van der Waals surface area (Å²) in [4.78, 5) is 16.7. The maximum atomic E-state index is 12.3. The van der Waals surface area contributed by atoms with Crippen molar-refractivity contribution in [3.05, 3.63) is 62.6 Å². The first-order valence-electron chi connectivity index (χ1n) is 6.95. The molecule has 2 heterocycles. The van der Waals surface area contributed by atoms with E-state index < -0.39 is 0 Å². The zero-order valence-electron chi connectivity index (χ0n) is 11.3. The minimum Gasteiger partial charge on any atom is -0.292 e. The largest absolute Gasteiger partial charge is 0.292 e. The Morgan fingerprint density at radius 1 is 1.33 bits per heavy atom. The van der Waals surface area contributed by atoms with E-state index in [0.29, 0.717) is 17.6 Å². The molecule has 1 aliphatic rings. The number of benzene rings is 1. The van der Waals surface area contributed by atoms with Crippen LogP contribution in [0.2, 0.25) is 5.15 Å². The molecule has 0 saturated heterocycles. The van der Waals surface area contributed by atoms with Crippen LogP contribution in [-0.2, 0) is 6.54 Å². The molecule has 4 rings (SSSR count). The van der Waals surface area contributed by atoms with Gasteiger partial charge in [-0.05, 0) is 35.2 Å². The maximum Gasteiger partial charge on any atom is 0.255 e. The lowest BCUT2D eigenvalue weighted by atomic mass is 10.2. The second-order valence-corrected chi connectivity index (χ2v) is 6.69. The third-order valence-corrected chi connectivity index (χ3v) is 5.04. The Balaban J connectivity index is 1.82. The average molecular weight is 317 g/mol. The van der Waals surface area contributed by atoms with Crippen molar-refractivity contribution in [2.24, 2.45) is 0 Å². The number of hydrogen-bond acceptors (Lipinski definition) is 3. The van der Waals surface area contributed by atoms with E-state index in [-0.39, 0.29) is 5.56 Å². The molecule has 1 aromatic carbocycles. The van der Waals surface area contributed by atoms with E-state index in [4.69, 9.17) is 11.6 Å². The van der Waals surface area contributed by atoms with E-state index in [1.807, 2.05) is 12.1 Å². The van der Waals surface area contributed by atoms with Gasteiger partial charge in [0, 0.05) is 16.7 Å². The van der Waals surface area contributed by atoms with Gasteiger partial charge in [-0.25, -0.2) is 4.98 Å². The summed E-state index contributed by atoms with van der Waals surface area (Å²) in [5.74, 6) is 1.23. The van der Waals surface area contributed by atoms with E-state index in [0.717, 1.165) is 18.7 Å². The Labute approximate surface area is 130 Å². The minimum absolute atomic E-state index is 0.0628. The van der Waals surface area contributed by atoms with Crippen molar-refractivity contribution in [3.63, 3.8) is 0 Å². The highest BCUT2D eigenvalue weighted by Gasteiger charge is 2.29. The average Bonchev–Trinajstić information content (AvgIpc) is 3.23. The van der Waals surface area contributed by atoms with Gasteiger partial charge in [0.15, 0.2) is 0 Å². The van der Waals surface area contributed by atoms with Crippen LogP contribution in [0.1, 0.15) is 30.1 Å². The van der Waals surface area contributed by atoms with Crippen molar-refractivity contribution in [3.8, 4) is 0 Å². The molecule has 0 aliphatic heterocycles. The molecule has 0 N–H and O–H groups in total. The van der Waals surface area contributed by atoms with Crippen molar-refractivity contribution in [1.82, 2.24) is 9.55 Å². The van der Waals surface area contributed by atoms with Gasteiger partial charge < -0.3 is 0 Å². The molecule has 0 spiro atoms. The topological polar surface area (TPSA) is 34.9 Å². The van der Waals surface area contributed by atoms with Crippen LogP contribution in [0, 0.1) is 0 Å². The van der Waals surface area contributed by atoms with Crippen LogP contribution in [-0.4, -0.2) is 9.55 Å². The van der Waals surface area contributed by atoms with E-state index in [1.54, 1.807) is 15.9 Å². The second-order valence-electron chi connectivity index (χ2n) is 5.39. The summed E-state index contributed by atoms with van der Waals surface area (Å²) in [6.07, 6.45) is 2.19. The summed E-state index contributed by atoms with van der Waals surface area (Å²) in [7, 11) is 0. The Bertz CT molecular complexity index is 879. The van der Waals surface area contributed by atoms with Crippen molar-refractivity contribution < 1.29 is 0 Å².